The first-order chi connectivity index (χ1) is 9.97. The Morgan fingerprint density at radius 2 is 2.24 bits per heavy atom. The predicted molar refractivity (Wildman–Crippen MR) is 86.9 cm³/mol. The van der Waals surface area contributed by atoms with E-state index in [0.29, 0.717) is 5.69 Å². The molecule has 0 saturated heterocycles. The number of carbonyl (C=O) groups is 1. The van der Waals surface area contributed by atoms with Crippen molar-refractivity contribution < 1.29 is 9.18 Å². The van der Waals surface area contributed by atoms with Crippen LogP contribution in [0.3, 0.4) is 0 Å². The largest absolute Gasteiger partial charge is 0.304 e. The molecule has 0 N–H and O–H groups in total. The molecule has 110 valence electrons. The Morgan fingerprint density at radius 3 is 2.90 bits per heavy atom. The van der Waals surface area contributed by atoms with Gasteiger partial charge in [-0.3, -0.25) is 9.48 Å². The summed E-state index contributed by atoms with van der Waals surface area (Å²) in [5.41, 5.74) is 2.12. The zero-order chi connectivity index (χ0) is 15.1. The molecule has 1 aliphatic rings. The molecule has 1 aromatic heterocycles. The van der Waals surface area contributed by atoms with Gasteiger partial charge in [0, 0.05) is 25.0 Å². The summed E-state index contributed by atoms with van der Waals surface area (Å²) in [5, 5.41) is 4.25. The minimum atomic E-state index is -0.261. The number of hydrogen-bond acceptors (Lipinski definition) is 2. The van der Waals surface area contributed by atoms with Crippen LogP contribution in [0.1, 0.15) is 29.4 Å². The van der Waals surface area contributed by atoms with E-state index < -0.39 is 0 Å². The second kappa shape index (κ2) is 5.40. The van der Waals surface area contributed by atoms with Crippen LogP contribution in [0, 0.1) is 9.39 Å². The number of hydrogen-bond donors (Lipinski definition) is 0. The normalized spacial score (nSPS) is 17.7. The van der Waals surface area contributed by atoms with Crippen molar-refractivity contribution in [3.05, 3.63) is 45.0 Å². The van der Waals surface area contributed by atoms with E-state index in [1.165, 1.54) is 12.1 Å². The number of anilines is 1. The molecule has 0 aliphatic carbocycles. The van der Waals surface area contributed by atoms with E-state index in [9.17, 15) is 9.18 Å². The highest BCUT2D eigenvalue weighted by Crippen LogP contribution is 2.32. The lowest BCUT2D eigenvalue weighted by atomic mass is 9.96. The van der Waals surface area contributed by atoms with Gasteiger partial charge in [-0.25, -0.2) is 4.39 Å². The maximum Gasteiger partial charge on any atom is 0.280 e. The van der Waals surface area contributed by atoms with Gasteiger partial charge in [0.05, 0.1) is 3.57 Å². The Labute approximate surface area is 136 Å². The van der Waals surface area contributed by atoms with Crippen LogP contribution >= 0.6 is 22.6 Å². The summed E-state index contributed by atoms with van der Waals surface area (Å²) < 4.78 is 15.8. The molecule has 0 radical (unpaired) electrons. The molecule has 3 rings (SSSR count). The highest BCUT2D eigenvalue weighted by molar-refractivity contribution is 14.1. The molecule has 0 spiro atoms. The van der Waals surface area contributed by atoms with Crippen molar-refractivity contribution in [2.75, 3.05) is 4.90 Å². The van der Waals surface area contributed by atoms with E-state index in [4.69, 9.17) is 0 Å². The number of carbonyl (C=O) groups excluding carboxylic acids is 1. The van der Waals surface area contributed by atoms with Crippen LogP contribution in [0.2, 0.25) is 0 Å². The number of benzene rings is 1. The van der Waals surface area contributed by atoms with Gasteiger partial charge < -0.3 is 4.90 Å². The number of aryl methyl sites for hydroxylation is 2. The lowest BCUT2D eigenvalue weighted by molar-refractivity contribution is 0.0969. The fourth-order valence-corrected chi connectivity index (χ4v) is 3.49. The first-order valence-electron chi connectivity index (χ1n) is 6.78. The van der Waals surface area contributed by atoms with E-state index in [-0.39, 0.29) is 17.8 Å². The maximum absolute atomic E-state index is 13.4. The summed E-state index contributed by atoms with van der Waals surface area (Å²) in [7, 11) is 1.79. The molecule has 0 bridgehead atoms. The van der Waals surface area contributed by atoms with Crippen LogP contribution < -0.4 is 4.90 Å². The molecule has 0 saturated carbocycles. The van der Waals surface area contributed by atoms with Crippen LogP contribution in [0.25, 0.3) is 0 Å². The SMILES string of the molecule is C[C@H]1CCc2cc(F)ccc2N1C(=O)c1nn(C)cc1I. The zero-order valence-electron chi connectivity index (χ0n) is 11.8. The number of nitrogens with zero attached hydrogens (tertiary/aromatic N) is 3. The smallest absolute Gasteiger partial charge is 0.280 e. The van der Waals surface area contributed by atoms with Gasteiger partial charge in [-0.1, -0.05) is 0 Å². The lowest BCUT2D eigenvalue weighted by Crippen LogP contribution is -2.42. The van der Waals surface area contributed by atoms with Crippen molar-refractivity contribution in [3.8, 4) is 0 Å². The molecule has 1 aliphatic heterocycles. The van der Waals surface area contributed by atoms with Crippen molar-refractivity contribution in [1.82, 2.24) is 9.78 Å². The third-order valence-corrected chi connectivity index (χ3v) is 4.57. The zero-order valence-corrected chi connectivity index (χ0v) is 14.0. The summed E-state index contributed by atoms with van der Waals surface area (Å²) in [5.74, 6) is -0.386. The molecular weight excluding hydrogens is 384 g/mol. The monoisotopic (exact) mass is 399 g/mol. The van der Waals surface area contributed by atoms with E-state index >= 15 is 0 Å². The summed E-state index contributed by atoms with van der Waals surface area (Å²) in [6.07, 6.45) is 3.43. The summed E-state index contributed by atoms with van der Waals surface area (Å²) >= 11 is 2.11. The van der Waals surface area contributed by atoms with Gasteiger partial charge in [0.15, 0.2) is 5.69 Å². The van der Waals surface area contributed by atoms with Crippen molar-refractivity contribution in [3.63, 3.8) is 0 Å². The highest BCUT2D eigenvalue weighted by atomic mass is 127. The second-order valence-electron chi connectivity index (χ2n) is 5.34. The van der Waals surface area contributed by atoms with Gasteiger partial charge in [0.1, 0.15) is 5.82 Å². The van der Waals surface area contributed by atoms with Gasteiger partial charge in [0.25, 0.3) is 5.91 Å². The van der Waals surface area contributed by atoms with E-state index in [1.807, 2.05) is 13.1 Å². The minimum absolute atomic E-state index is 0.0771. The molecule has 0 unspecified atom stereocenters. The Balaban J connectivity index is 2.05. The van der Waals surface area contributed by atoms with Crippen LogP contribution in [-0.2, 0) is 13.5 Å². The number of halogens is 2. The number of aromatic nitrogens is 2. The molecule has 1 atom stereocenters. The third-order valence-electron chi connectivity index (χ3n) is 3.78. The van der Waals surface area contributed by atoms with Crippen LogP contribution in [-0.4, -0.2) is 21.7 Å². The fourth-order valence-electron chi connectivity index (χ4n) is 2.75. The van der Waals surface area contributed by atoms with Gasteiger partial charge in [-0.05, 0) is 66.1 Å². The number of amides is 1. The molecule has 1 aromatic carbocycles. The molecular formula is C15H15FIN3O. The van der Waals surface area contributed by atoms with Crippen LogP contribution in [0.15, 0.2) is 24.4 Å². The van der Waals surface area contributed by atoms with Gasteiger partial charge in [0.2, 0.25) is 0 Å². The molecule has 1 amide bonds. The van der Waals surface area contributed by atoms with Crippen molar-refractivity contribution in [2.45, 2.75) is 25.8 Å². The van der Waals surface area contributed by atoms with Crippen molar-refractivity contribution >= 4 is 34.2 Å². The molecule has 21 heavy (non-hydrogen) atoms. The maximum atomic E-state index is 13.4. The van der Waals surface area contributed by atoms with Gasteiger partial charge in [-0.2, -0.15) is 5.10 Å². The summed E-state index contributed by atoms with van der Waals surface area (Å²) in [6.45, 7) is 2.01. The average Bonchev–Trinajstić information content (AvgIpc) is 2.77. The number of rotatable bonds is 1. The summed E-state index contributed by atoms with van der Waals surface area (Å²) in [6, 6.07) is 4.69. The third kappa shape index (κ3) is 2.56. The van der Waals surface area contributed by atoms with E-state index in [0.717, 1.165) is 27.7 Å². The predicted octanol–water partition coefficient (Wildman–Crippen LogP) is 3.15. The second-order valence-corrected chi connectivity index (χ2v) is 6.50. The Bertz CT molecular complexity index is 713. The minimum Gasteiger partial charge on any atom is -0.304 e. The first kappa shape index (κ1) is 14.5. The van der Waals surface area contributed by atoms with Gasteiger partial charge >= 0.3 is 0 Å². The highest BCUT2D eigenvalue weighted by Gasteiger charge is 2.31. The molecule has 6 heteroatoms. The fraction of sp³-hybridized carbons (Fsp3) is 0.333. The van der Waals surface area contributed by atoms with Crippen LogP contribution in [0.5, 0.6) is 0 Å². The number of fused-ring (bicyclic) bond motifs is 1. The summed E-state index contributed by atoms with van der Waals surface area (Å²) in [4.78, 5) is 14.6. The van der Waals surface area contributed by atoms with Crippen molar-refractivity contribution in [1.29, 1.82) is 0 Å². The topological polar surface area (TPSA) is 38.1 Å². The Hall–Kier alpha value is -1.44. The van der Waals surface area contributed by atoms with E-state index in [1.54, 1.807) is 22.7 Å². The molecule has 2 heterocycles. The molecule has 0 fully saturated rings. The molecule has 2 aromatic rings. The standard InChI is InChI=1S/C15H15FIN3O/c1-9-3-4-10-7-11(16)5-6-13(10)20(9)15(21)14-12(17)8-19(2)18-14/h5-9H,3-4H2,1-2H3/t9-/m0/s1. The first-order valence-corrected chi connectivity index (χ1v) is 7.86. The van der Waals surface area contributed by atoms with Crippen molar-refractivity contribution in [2.24, 2.45) is 7.05 Å². The molecule has 4 nitrogen and oxygen atoms in total. The van der Waals surface area contributed by atoms with Crippen LogP contribution in [0.4, 0.5) is 10.1 Å². The van der Waals surface area contributed by atoms with Gasteiger partial charge in [-0.15, -0.1) is 0 Å². The Morgan fingerprint density at radius 1 is 1.48 bits per heavy atom. The Kier molecular flexibility index (Phi) is 3.73. The average molecular weight is 399 g/mol. The van der Waals surface area contributed by atoms with E-state index in [2.05, 4.69) is 27.7 Å². The lowest BCUT2D eigenvalue weighted by Gasteiger charge is -2.35. The quantitative estimate of drug-likeness (QED) is 0.692.